The topological polar surface area (TPSA) is 54.0 Å². The van der Waals surface area contributed by atoms with Crippen molar-refractivity contribution in [3.05, 3.63) is 71.2 Å². The first-order valence-corrected chi connectivity index (χ1v) is 9.49. The lowest BCUT2D eigenvalue weighted by atomic mass is 9.95. The Morgan fingerprint density at radius 3 is 2.29 bits per heavy atom. The highest BCUT2D eigenvalue weighted by molar-refractivity contribution is 6.30. The maximum Gasteiger partial charge on any atom is 0.0707 e. The van der Waals surface area contributed by atoms with Crippen molar-refractivity contribution in [2.75, 3.05) is 18.5 Å². The van der Waals surface area contributed by atoms with Crippen molar-refractivity contribution in [3.8, 4) is 0 Å². The molecule has 0 aliphatic rings. The standard InChI is InChI=1S/C24H34N4/c1-10-27-20(8)23(19(7)25)24(26-9)18(6)14-21-12-13-22(15-17(21)5)28(11-2)16(3)4/h10,12-15H,1,3,11,25H2,2,4-9H3/b18-14+,23-19-,26-24?,27-20?. The molecule has 0 aromatic heterocycles. The zero-order valence-electron chi connectivity index (χ0n) is 18.4. The molecule has 0 spiro atoms. The highest BCUT2D eigenvalue weighted by Crippen LogP contribution is 2.24. The van der Waals surface area contributed by atoms with Crippen LogP contribution in [0.1, 0.15) is 45.7 Å². The molecule has 150 valence electrons. The molecule has 0 radical (unpaired) electrons. The Hall–Kier alpha value is -2.88. The molecule has 0 saturated heterocycles. The van der Waals surface area contributed by atoms with Gasteiger partial charge in [-0.1, -0.05) is 19.2 Å². The van der Waals surface area contributed by atoms with Crippen molar-refractivity contribution in [2.24, 2.45) is 15.7 Å². The van der Waals surface area contributed by atoms with E-state index < -0.39 is 0 Å². The second-order valence-corrected chi connectivity index (χ2v) is 6.88. The first kappa shape index (κ1) is 23.2. The lowest BCUT2D eigenvalue weighted by Crippen LogP contribution is -2.19. The number of allylic oxidation sites excluding steroid dienone is 4. The van der Waals surface area contributed by atoms with E-state index >= 15 is 0 Å². The summed E-state index contributed by atoms with van der Waals surface area (Å²) in [5.74, 6) is 0. The van der Waals surface area contributed by atoms with E-state index in [1.165, 1.54) is 11.8 Å². The average molecular weight is 379 g/mol. The SMILES string of the molecule is C=CN=C(C)/C(C(=NC)/C(C)=C/c1ccc(N(CC)C(=C)C)cc1C)=C(\C)N. The Labute approximate surface area is 170 Å². The molecule has 0 unspecified atom stereocenters. The smallest absolute Gasteiger partial charge is 0.0707 e. The van der Waals surface area contributed by atoms with Gasteiger partial charge in [-0.2, -0.15) is 0 Å². The third kappa shape index (κ3) is 5.56. The molecule has 0 aliphatic heterocycles. The van der Waals surface area contributed by atoms with Crippen LogP contribution < -0.4 is 10.6 Å². The molecule has 0 saturated carbocycles. The summed E-state index contributed by atoms with van der Waals surface area (Å²) in [4.78, 5) is 11.0. The van der Waals surface area contributed by atoms with Crippen LogP contribution in [0.15, 0.2) is 70.1 Å². The summed E-state index contributed by atoms with van der Waals surface area (Å²) >= 11 is 0. The molecule has 1 aromatic carbocycles. The molecule has 0 fully saturated rings. The monoisotopic (exact) mass is 378 g/mol. The van der Waals surface area contributed by atoms with Gasteiger partial charge in [-0.15, -0.1) is 0 Å². The summed E-state index contributed by atoms with van der Waals surface area (Å²) in [6.07, 6.45) is 3.66. The second kappa shape index (κ2) is 10.5. The van der Waals surface area contributed by atoms with Crippen LogP contribution in [0, 0.1) is 6.92 Å². The number of anilines is 1. The Kier molecular flexibility index (Phi) is 8.65. The Balaban J connectivity index is 3.39. The fourth-order valence-electron chi connectivity index (χ4n) is 3.29. The first-order valence-electron chi connectivity index (χ1n) is 9.49. The van der Waals surface area contributed by atoms with Crippen LogP contribution >= 0.6 is 0 Å². The van der Waals surface area contributed by atoms with E-state index in [1.807, 2.05) is 27.7 Å². The Morgan fingerprint density at radius 2 is 1.86 bits per heavy atom. The van der Waals surface area contributed by atoms with Crippen molar-refractivity contribution in [1.82, 2.24) is 0 Å². The number of nitrogens with two attached hydrogens (primary N) is 1. The molecule has 0 atom stereocenters. The number of rotatable bonds is 8. The number of benzene rings is 1. The third-order valence-corrected chi connectivity index (χ3v) is 4.59. The van der Waals surface area contributed by atoms with Gasteiger partial charge in [0, 0.05) is 48.2 Å². The van der Waals surface area contributed by atoms with Crippen LogP contribution in [-0.2, 0) is 0 Å². The molecule has 2 N–H and O–H groups in total. The van der Waals surface area contributed by atoms with Gasteiger partial charge in [0.15, 0.2) is 0 Å². The molecule has 28 heavy (non-hydrogen) atoms. The predicted octanol–water partition coefficient (Wildman–Crippen LogP) is 5.67. The van der Waals surface area contributed by atoms with Gasteiger partial charge in [0.1, 0.15) is 0 Å². The molecule has 0 amide bonds. The molecular formula is C24H34N4. The summed E-state index contributed by atoms with van der Waals surface area (Å²) < 4.78 is 0. The Morgan fingerprint density at radius 1 is 1.21 bits per heavy atom. The van der Waals surface area contributed by atoms with E-state index in [9.17, 15) is 0 Å². The van der Waals surface area contributed by atoms with E-state index in [2.05, 4.69) is 66.2 Å². The van der Waals surface area contributed by atoms with Crippen LogP contribution in [0.25, 0.3) is 6.08 Å². The van der Waals surface area contributed by atoms with Crippen LogP contribution in [-0.4, -0.2) is 25.0 Å². The van der Waals surface area contributed by atoms with E-state index in [1.54, 1.807) is 7.05 Å². The third-order valence-electron chi connectivity index (χ3n) is 4.59. The van der Waals surface area contributed by atoms with Crippen molar-refractivity contribution in [2.45, 2.75) is 41.5 Å². The predicted molar refractivity (Wildman–Crippen MR) is 126 cm³/mol. The van der Waals surface area contributed by atoms with Gasteiger partial charge in [-0.3, -0.25) is 9.98 Å². The minimum Gasteiger partial charge on any atom is -0.402 e. The van der Waals surface area contributed by atoms with Crippen molar-refractivity contribution >= 4 is 23.2 Å². The molecule has 1 rings (SSSR count). The molecular weight excluding hydrogens is 344 g/mol. The molecule has 1 aromatic rings. The van der Waals surface area contributed by atoms with E-state index in [-0.39, 0.29) is 0 Å². The minimum atomic E-state index is 0.684. The van der Waals surface area contributed by atoms with Crippen molar-refractivity contribution in [3.63, 3.8) is 0 Å². The van der Waals surface area contributed by atoms with Gasteiger partial charge in [-0.25, -0.2) is 0 Å². The maximum atomic E-state index is 6.14. The van der Waals surface area contributed by atoms with Crippen molar-refractivity contribution in [1.29, 1.82) is 0 Å². The average Bonchev–Trinajstić information content (AvgIpc) is 2.61. The fraction of sp³-hybridized carbons (Fsp3) is 0.333. The van der Waals surface area contributed by atoms with Gasteiger partial charge in [0.2, 0.25) is 0 Å². The van der Waals surface area contributed by atoms with Crippen LogP contribution in [0.5, 0.6) is 0 Å². The molecule has 0 aliphatic carbocycles. The number of hydrogen-bond donors (Lipinski definition) is 1. The summed E-state index contributed by atoms with van der Waals surface area (Å²) in [6, 6.07) is 6.45. The fourth-order valence-corrected chi connectivity index (χ4v) is 3.29. The van der Waals surface area contributed by atoms with Crippen LogP contribution in [0.3, 0.4) is 0 Å². The number of nitrogens with zero attached hydrogens (tertiary/aromatic N) is 3. The summed E-state index contributed by atoms with van der Waals surface area (Å²) in [5, 5.41) is 0. The molecule has 4 nitrogen and oxygen atoms in total. The number of aliphatic imine (C=N–C) groups is 2. The number of aryl methyl sites for hydroxylation is 1. The van der Waals surface area contributed by atoms with E-state index in [0.29, 0.717) is 5.70 Å². The zero-order valence-corrected chi connectivity index (χ0v) is 18.4. The van der Waals surface area contributed by atoms with E-state index in [0.717, 1.165) is 46.1 Å². The summed E-state index contributed by atoms with van der Waals surface area (Å²) in [6.45, 7) is 20.7. The largest absolute Gasteiger partial charge is 0.402 e. The van der Waals surface area contributed by atoms with Crippen LogP contribution in [0.4, 0.5) is 5.69 Å². The summed E-state index contributed by atoms with van der Waals surface area (Å²) in [5.41, 5.74) is 14.9. The second-order valence-electron chi connectivity index (χ2n) is 6.88. The first-order chi connectivity index (χ1) is 13.2. The van der Waals surface area contributed by atoms with Gasteiger partial charge in [-0.05, 0) is 76.5 Å². The maximum absolute atomic E-state index is 6.14. The van der Waals surface area contributed by atoms with Gasteiger partial charge in [0.25, 0.3) is 0 Å². The highest BCUT2D eigenvalue weighted by Gasteiger charge is 2.15. The lowest BCUT2D eigenvalue weighted by molar-refractivity contribution is 0.957. The molecule has 4 heteroatoms. The van der Waals surface area contributed by atoms with Gasteiger partial charge in [0.05, 0.1) is 5.71 Å². The zero-order chi connectivity index (χ0) is 21.4. The lowest BCUT2D eigenvalue weighted by Gasteiger charge is -2.24. The molecule has 0 heterocycles. The summed E-state index contributed by atoms with van der Waals surface area (Å²) in [7, 11) is 1.78. The minimum absolute atomic E-state index is 0.684. The quantitative estimate of drug-likeness (QED) is 0.593. The van der Waals surface area contributed by atoms with Gasteiger partial charge < -0.3 is 10.6 Å². The Bertz CT molecular complexity index is 863. The van der Waals surface area contributed by atoms with Crippen LogP contribution in [0.2, 0.25) is 0 Å². The van der Waals surface area contributed by atoms with E-state index in [4.69, 9.17) is 5.73 Å². The number of hydrogen-bond acceptors (Lipinski definition) is 4. The van der Waals surface area contributed by atoms with Crippen molar-refractivity contribution < 1.29 is 0 Å². The normalized spacial score (nSPS) is 13.9. The highest BCUT2D eigenvalue weighted by atomic mass is 15.1. The van der Waals surface area contributed by atoms with Gasteiger partial charge >= 0.3 is 0 Å². The molecule has 0 bridgehead atoms.